The van der Waals surface area contributed by atoms with Crippen molar-refractivity contribution in [3.05, 3.63) is 41.0 Å². The number of benzene rings is 1. The summed E-state index contributed by atoms with van der Waals surface area (Å²) < 4.78 is 5.18. The minimum atomic E-state index is 0.824. The molecule has 0 radical (unpaired) electrons. The summed E-state index contributed by atoms with van der Waals surface area (Å²) in [7, 11) is 1.66. The van der Waals surface area contributed by atoms with E-state index >= 15 is 0 Å². The molecule has 0 atom stereocenters. The first-order valence-corrected chi connectivity index (χ1v) is 7.69. The third-order valence-electron chi connectivity index (χ3n) is 3.23. The molecule has 2 heterocycles. The van der Waals surface area contributed by atoms with Gasteiger partial charge in [0.15, 0.2) is 0 Å². The third-order valence-corrected chi connectivity index (χ3v) is 4.18. The zero-order valence-corrected chi connectivity index (χ0v) is 13.1. The zero-order chi connectivity index (χ0) is 14.8. The van der Waals surface area contributed by atoms with E-state index in [1.807, 2.05) is 24.3 Å². The molecule has 0 aliphatic carbocycles. The maximum absolute atomic E-state index is 5.18. The fourth-order valence-electron chi connectivity index (χ4n) is 2.15. The van der Waals surface area contributed by atoms with Gasteiger partial charge in [0.25, 0.3) is 0 Å². The minimum absolute atomic E-state index is 0.824. The molecule has 21 heavy (non-hydrogen) atoms. The predicted molar refractivity (Wildman–Crippen MR) is 87.8 cm³/mol. The van der Waals surface area contributed by atoms with Crippen LogP contribution in [0.4, 0.5) is 11.5 Å². The first-order chi connectivity index (χ1) is 10.2. The fraction of sp³-hybridized carbons (Fsp3) is 0.250. The molecule has 5 heteroatoms. The Morgan fingerprint density at radius 3 is 2.62 bits per heavy atom. The monoisotopic (exact) mass is 299 g/mol. The lowest BCUT2D eigenvalue weighted by molar-refractivity contribution is 0.415. The van der Waals surface area contributed by atoms with Crippen LogP contribution in [0.5, 0.6) is 5.75 Å². The van der Waals surface area contributed by atoms with Crippen molar-refractivity contribution < 1.29 is 4.74 Å². The number of methoxy groups -OCH3 is 1. The lowest BCUT2D eigenvalue weighted by atomic mass is 10.2. The van der Waals surface area contributed by atoms with Crippen LogP contribution < -0.4 is 10.1 Å². The zero-order valence-electron chi connectivity index (χ0n) is 12.3. The van der Waals surface area contributed by atoms with Crippen molar-refractivity contribution >= 4 is 33.1 Å². The van der Waals surface area contributed by atoms with Crippen LogP contribution in [0.1, 0.15) is 17.6 Å². The van der Waals surface area contributed by atoms with Gasteiger partial charge < -0.3 is 10.1 Å². The van der Waals surface area contributed by atoms with E-state index in [-0.39, 0.29) is 0 Å². The number of fused-ring (bicyclic) bond motifs is 1. The molecular weight excluding hydrogens is 282 g/mol. The number of rotatable bonds is 4. The SMILES string of the molecule is CCc1nc(Nc2ccc(OC)cc2)c2cc(C)sc2n1. The molecule has 4 nitrogen and oxygen atoms in total. The van der Waals surface area contributed by atoms with Gasteiger partial charge >= 0.3 is 0 Å². The van der Waals surface area contributed by atoms with E-state index in [4.69, 9.17) is 4.74 Å². The molecule has 3 aromatic rings. The van der Waals surface area contributed by atoms with Gasteiger partial charge in [0.2, 0.25) is 0 Å². The number of aryl methyl sites for hydroxylation is 2. The Morgan fingerprint density at radius 2 is 1.95 bits per heavy atom. The number of hydrogen-bond donors (Lipinski definition) is 1. The Bertz CT molecular complexity index is 765. The van der Waals surface area contributed by atoms with E-state index in [1.165, 1.54) is 4.88 Å². The van der Waals surface area contributed by atoms with Gasteiger partial charge in [-0.25, -0.2) is 9.97 Å². The molecule has 0 amide bonds. The molecule has 0 aliphatic heterocycles. The highest BCUT2D eigenvalue weighted by atomic mass is 32.1. The van der Waals surface area contributed by atoms with Crippen LogP contribution in [0.25, 0.3) is 10.2 Å². The molecule has 0 fully saturated rings. The van der Waals surface area contributed by atoms with Gasteiger partial charge in [-0.1, -0.05) is 6.92 Å². The molecule has 0 unspecified atom stereocenters. The molecule has 0 spiro atoms. The number of nitrogens with one attached hydrogen (secondary N) is 1. The molecule has 1 N–H and O–H groups in total. The van der Waals surface area contributed by atoms with Gasteiger partial charge in [0.05, 0.1) is 12.5 Å². The fourth-order valence-corrected chi connectivity index (χ4v) is 3.05. The lowest BCUT2D eigenvalue weighted by Crippen LogP contribution is -1.99. The van der Waals surface area contributed by atoms with Gasteiger partial charge in [-0.15, -0.1) is 11.3 Å². The third kappa shape index (κ3) is 2.83. The summed E-state index contributed by atoms with van der Waals surface area (Å²) in [6.07, 6.45) is 0.824. The van der Waals surface area contributed by atoms with E-state index in [0.717, 1.165) is 39.7 Å². The van der Waals surface area contributed by atoms with Gasteiger partial charge in [0, 0.05) is 17.0 Å². The summed E-state index contributed by atoms with van der Waals surface area (Å²) in [6, 6.07) is 9.96. The number of hydrogen-bond acceptors (Lipinski definition) is 5. The highest BCUT2D eigenvalue weighted by molar-refractivity contribution is 7.18. The summed E-state index contributed by atoms with van der Waals surface area (Å²) in [5, 5.41) is 4.46. The molecule has 0 aliphatic rings. The molecule has 1 aromatic carbocycles. The van der Waals surface area contributed by atoms with Crippen molar-refractivity contribution in [1.82, 2.24) is 9.97 Å². The average molecular weight is 299 g/mol. The molecular formula is C16H17N3OS. The van der Waals surface area contributed by atoms with Gasteiger partial charge in [-0.2, -0.15) is 0 Å². The number of thiophene rings is 1. The van der Waals surface area contributed by atoms with E-state index in [1.54, 1.807) is 18.4 Å². The molecule has 0 saturated carbocycles. The van der Waals surface area contributed by atoms with Crippen LogP contribution in [-0.4, -0.2) is 17.1 Å². The van der Waals surface area contributed by atoms with Crippen molar-refractivity contribution in [2.45, 2.75) is 20.3 Å². The minimum Gasteiger partial charge on any atom is -0.497 e. The van der Waals surface area contributed by atoms with Crippen molar-refractivity contribution in [3.8, 4) is 5.75 Å². The van der Waals surface area contributed by atoms with Gasteiger partial charge in [-0.05, 0) is 37.3 Å². The largest absolute Gasteiger partial charge is 0.497 e. The Balaban J connectivity index is 2.01. The standard InChI is InChI=1S/C16H17N3OS/c1-4-14-18-15(13-9-10(2)21-16(13)19-14)17-11-5-7-12(20-3)8-6-11/h5-9H,4H2,1-3H3,(H,17,18,19). The number of nitrogens with zero attached hydrogens (tertiary/aromatic N) is 2. The summed E-state index contributed by atoms with van der Waals surface area (Å²) in [4.78, 5) is 11.5. The second kappa shape index (κ2) is 5.69. The Kier molecular flexibility index (Phi) is 3.75. The lowest BCUT2D eigenvalue weighted by Gasteiger charge is -2.09. The topological polar surface area (TPSA) is 47.0 Å². The van der Waals surface area contributed by atoms with Crippen LogP contribution in [0, 0.1) is 6.92 Å². The van der Waals surface area contributed by atoms with Crippen molar-refractivity contribution in [1.29, 1.82) is 0 Å². The van der Waals surface area contributed by atoms with Gasteiger partial charge in [-0.3, -0.25) is 0 Å². The summed E-state index contributed by atoms with van der Waals surface area (Å²) in [5.41, 5.74) is 0.988. The number of anilines is 2. The maximum atomic E-state index is 5.18. The van der Waals surface area contributed by atoms with Crippen LogP contribution in [0.15, 0.2) is 30.3 Å². The van der Waals surface area contributed by atoms with Crippen molar-refractivity contribution in [2.24, 2.45) is 0 Å². The van der Waals surface area contributed by atoms with E-state index < -0.39 is 0 Å². The summed E-state index contributed by atoms with van der Waals surface area (Å²) in [6.45, 7) is 4.16. The molecule has 108 valence electrons. The Hall–Kier alpha value is -2.14. The summed E-state index contributed by atoms with van der Waals surface area (Å²) >= 11 is 1.70. The highest BCUT2D eigenvalue weighted by Gasteiger charge is 2.10. The number of ether oxygens (including phenoxy) is 1. The van der Waals surface area contributed by atoms with E-state index in [2.05, 4.69) is 35.2 Å². The first kappa shape index (κ1) is 13.8. The summed E-state index contributed by atoms with van der Waals surface area (Å²) in [5.74, 6) is 2.57. The van der Waals surface area contributed by atoms with Crippen LogP contribution in [0.3, 0.4) is 0 Å². The molecule has 2 aromatic heterocycles. The van der Waals surface area contributed by atoms with Crippen molar-refractivity contribution in [3.63, 3.8) is 0 Å². The second-order valence-electron chi connectivity index (χ2n) is 4.77. The first-order valence-electron chi connectivity index (χ1n) is 6.87. The Labute approximate surface area is 127 Å². The smallest absolute Gasteiger partial charge is 0.142 e. The van der Waals surface area contributed by atoms with E-state index in [0.29, 0.717) is 0 Å². The quantitative estimate of drug-likeness (QED) is 0.779. The van der Waals surface area contributed by atoms with Crippen LogP contribution >= 0.6 is 11.3 Å². The Morgan fingerprint density at radius 1 is 1.19 bits per heavy atom. The van der Waals surface area contributed by atoms with E-state index in [9.17, 15) is 0 Å². The molecule has 0 bridgehead atoms. The van der Waals surface area contributed by atoms with Crippen LogP contribution in [-0.2, 0) is 6.42 Å². The number of aromatic nitrogens is 2. The van der Waals surface area contributed by atoms with Crippen LogP contribution in [0.2, 0.25) is 0 Å². The molecule has 3 rings (SSSR count). The highest BCUT2D eigenvalue weighted by Crippen LogP contribution is 2.30. The predicted octanol–water partition coefficient (Wildman–Crippen LogP) is 4.31. The second-order valence-corrected chi connectivity index (χ2v) is 6.01. The molecule has 0 saturated heterocycles. The van der Waals surface area contributed by atoms with Crippen molar-refractivity contribution in [2.75, 3.05) is 12.4 Å². The normalized spacial score (nSPS) is 10.8. The van der Waals surface area contributed by atoms with Gasteiger partial charge in [0.1, 0.15) is 22.2 Å². The maximum Gasteiger partial charge on any atom is 0.142 e. The average Bonchev–Trinajstić information content (AvgIpc) is 2.88.